The van der Waals surface area contributed by atoms with E-state index in [0.29, 0.717) is 28.4 Å². The van der Waals surface area contributed by atoms with Gasteiger partial charge >= 0.3 is 5.97 Å². The van der Waals surface area contributed by atoms with Crippen LogP contribution in [-0.4, -0.2) is 60.3 Å². The molecule has 4 aromatic heterocycles. The van der Waals surface area contributed by atoms with E-state index < -0.39 is 12.0 Å². The highest BCUT2D eigenvalue weighted by Crippen LogP contribution is 2.47. The second kappa shape index (κ2) is 8.91. The highest BCUT2D eigenvalue weighted by Gasteiger charge is 2.44. The van der Waals surface area contributed by atoms with Gasteiger partial charge in [-0.3, -0.25) is 14.5 Å². The molecule has 0 radical (unpaired) electrons. The average Bonchev–Trinajstić information content (AvgIpc) is 3.30. The Balaban J connectivity index is 1.24. The molecule has 1 saturated carbocycles. The van der Waals surface area contributed by atoms with Crippen LogP contribution in [0.5, 0.6) is 0 Å². The number of anilines is 2. The first kappa shape index (κ1) is 23.5. The first-order chi connectivity index (χ1) is 18.3. The van der Waals surface area contributed by atoms with Crippen LogP contribution >= 0.6 is 0 Å². The Kier molecular flexibility index (Phi) is 5.51. The molecule has 0 aromatic carbocycles. The third-order valence-electron chi connectivity index (χ3n) is 6.82. The van der Waals surface area contributed by atoms with E-state index >= 15 is 0 Å². The van der Waals surface area contributed by atoms with Crippen molar-refractivity contribution in [3.05, 3.63) is 59.8 Å². The fourth-order valence-electron chi connectivity index (χ4n) is 4.67. The number of fused-ring (bicyclic) bond motifs is 1. The van der Waals surface area contributed by atoms with Gasteiger partial charge in [-0.25, -0.2) is 19.8 Å². The zero-order valence-electron chi connectivity index (χ0n) is 20.6. The average molecular weight is 513 g/mol. The Bertz CT molecular complexity index is 1650. The summed E-state index contributed by atoms with van der Waals surface area (Å²) in [5.74, 6) is -0.120. The predicted octanol–water partition coefficient (Wildman–Crippen LogP) is 2.29. The van der Waals surface area contributed by atoms with Crippen molar-refractivity contribution >= 4 is 40.2 Å². The van der Waals surface area contributed by atoms with Gasteiger partial charge in [0.1, 0.15) is 23.9 Å². The highest BCUT2D eigenvalue weighted by molar-refractivity contribution is 5.99. The molecule has 0 spiro atoms. The Morgan fingerprint density at radius 1 is 1.16 bits per heavy atom. The van der Waals surface area contributed by atoms with E-state index in [1.807, 2.05) is 26.2 Å². The molecule has 0 bridgehead atoms. The number of carboxylic acids is 1. The van der Waals surface area contributed by atoms with E-state index in [9.17, 15) is 9.59 Å². The number of carbonyl (C=O) groups excluding carboxylic acids is 1. The van der Waals surface area contributed by atoms with Crippen molar-refractivity contribution in [2.45, 2.75) is 25.3 Å². The fraction of sp³-hybridized carbons (Fsp3) is 0.269. The molecule has 2 aliphatic rings. The number of carboxylic acid groups (broad SMARTS) is 1. The van der Waals surface area contributed by atoms with Crippen LogP contribution in [0.1, 0.15) is 29.2 Å². The smallest absolute Gasteiger partial charge is 0.332 e. The molecule has 1 fully saturated rings. The Morgan fingerprint density at radius 3 is 2.71 bits per heavy atom. The van der Waals surface area contributed by atoms with Crippen molar-refractivity contribution in [2.75, 3.05) is 17.7 Å². The van der Waals surface area contributed by atoms with E-state index in [1.165, 1.54) is 0 Å². The number of aliphatic carboxylic acids is 1. The molecule has 4 N–H and O–H groups in total. The quantitative estimate of drug-likeness (QED) is 0.351. The highest BCUT2D eigenvalue weighted by atomic mass is 16.5. The summed E-state index contributed by atoms with van der Waals surface area (Å²) in [5, 5.41) is 17.7. The summed E-state index contributed by atoms with van der Waals surface area (Å²) in [5.41, 5.74) is 9.94. The van der Waals surface area contributed by atoms with Crippen LogP contribution in [-0.2, 0) is 21.4 Å². The van der Waals surface area contributed by atoms with Gasteiger partial charge in [0.15, 0.2) is 6.04 Å². The SMILES string of the molecule is Cc1cc(C2=NC(C(=O)O)CO2)ncc1-c1cc2cc(NC(=O)[C@@H]3C[C@H]3c3cnn(C)c3)ncc2c(N)n1. The number of nitrogens with one attached hydrogen (secondary N) is 1. The minimum Gasteiger partial charge on any atom is -0.480 e. The van der Waals surface area contributed by atoms with Gasteiger partial charge in [0.05, 0.1) is 11.9 Å². The van der Waals surface area contributed by atoms with E-state index in [4.69, 9.17) is 15.6 Å². The van der Waals surface area contributed by atoms with Crippen LogP contribution in [0, 0.1) is 12.8 Å². The maximum absolute atomic E-state index is 12.8. The molecule has 5 heterocycles. The summed E-state index contributed by atoms with van der Waals surface area (Å²) >= 11 is 0. The first-order valence-electron chi connectivity index (χ1n) is 12.0. The third kappa shape index (κ3) is 4.29. The molecule has 1 aliphatic heterocycles. The van der Waals surface area contributed by atoms with Gasteiger partial charge in [-0.05, 0) is 54.0 Å². The standard InChI is InChI=1S/C26H24N8O4/c1-12-3-20(25-32-21(11-38-25)26(36)37)28-8-17(12)19-4-13-5-22(29-9-18(13)23(27)31-19)33-24(35)16-6-15(16)14-7-30-34(2)10-14/h3-5,7-10,15-16,21H,6,11H2,1-2H3,(H2,27,31)(H,36,37)(H,29,33,35)/t15-,16+,21?/m0/s1. The molecule has 4 aromatic rings. The van der Waals surface area contributed by atoms with Crippen LogP contribution in [0.15, 0.2) is 48.0 Å². The molecule has 12 heteroatoms. The molecule has 1 aliphatic carbocycles. The lowest BCUT2D eigenvalue weighted by Crippen LogP contribution is -2.18. The van der Waals surface area contributed by atoms with Crippen LogP contribution in [0.2, 0.25) is 0 Å². The summed E-state index contributed by atoms with van der Waals surface area (Å²) < 4.78 is 7.15. The number of pyridine rings is 3. The number of nitrogens with zero attached hydrogens (tertiary/aromatic N) is 6. The number of aromatic nitrogens is 5. The summed E-state index contributed by atoms with van der Waals surface area (Å²) in [7, 11) is 1.86. The summed E-state index contributed by atoms with van der Waals surface area (Å²) in [6, 6.07) is 4.48. The maximum atomic E-state index is 12.8. The Hall–Kier alpha value is -4.87. The molecule has 6 rings (SSSR count). The molecule has 3 atom stereocenters. The number of amides is 1. The molecule has 12 nitrogen and oxygen atoms in total. The van der Waals surface area contributed by atoms with E-state index in [1.54, 1.807) is 35.4 Å². The second-order valence-corrected chi connectivity index (χ2v) is 9.55. The number of aryl methyl sites for hydroxylation is 2. The van der Waals surface area contributed by atoms with Gasteiger partial charge < -0.3 is 20.9 Å². The van der Waals surface area contributed by atoms with Gasteiger partial charge in [-0.15, -0.1) is 0 Å². The number of aliphatic imine (C=N–C) groups is 1. The fourth-order valence-corrected chi connectivity index (χ4v) is 4.67. The van der Waals surface area contributed by atoms with Gasteiger partial charge in [0, 0.05) is 42.5 Å². The molecule has 38 heavy (non-hydrogen) atoms. The summed E-state index contributed by atoms with van der Waals surface area (Å²) in [6.07, 6.45) is 7.75. The lowest BCUT2D eigenvalue weighted by molar-refractivity contribution is -0.138. The number of nitrogen functional groups attached to an aromatic ring is 1. The van der Waals surface area contributed by atoms with Crippen molar-refractivity contribution in [1.82, 2.24) is 24.7 Å². The first-order valence-corrected chi connectivity index (χ1v) is 12.0. The van der Waals surface area contributed by atoms with Gasteiger partial charge in [0.2, 0.25) is 11.8 Å². The number of ether oxygens (including phenoxy) is 1. The van der Waals surface area contributed by atoms with E-state index in [-0.39, 0.29) is 30.2 Å². The number of rotatable bonds is 6. The molecular formula is C26H24N8O4. The minimum atomic E-state index is -1.04. The van der Waals surface area contributed by atoms with E-state index in [0.717, 1.165) is 28.5 Å². The third-order valence-corrected chi connectivity index (χ3v) is 6.82. The zero-order valence-corrected chi connectivity index (χ0v) is 20.6. The summed E-state index contributed by atoms with van der Waals surface area (Å²) in [4.78, 5) is 41.4. The molecular weight excluding hydrogens is 488 g/mol. The lowest BCUT2D eigenvalue weighted by Gasteiger charge is -2.11. The second-order valence-electron chi connectivity index (χ2n) is 9.55. The number of carbonyl (C=O) groups is 2. The van der Waals surface area contributed by atoms with Crippen LogP contribution in [0.4, 0.5) is 11.6 Å². The Morgan fingerprint density at radius 2 is 2.00 bits per heavy atom. The van der Waals surface area contributed by atoms with Crippen LogP contribution in [0.25, 0.3) is 22.0 Å². The maximum Gasteiger partial charge on any atom is 0.332 e. The van der Waals surface area contributed by atoms with Crippen molar-refractivity contribution in [1.29, 1.82) is 0 Å². The number of hydrogen-bond acceptors (Lipinski definition) is 9. The lowest BCUT2D eigenvalue weighted by atomic mass is 10.0. The molecule has 1 amide bonds. The van der Waals surface area contributed by atoms with E-state index in [2.05, 4.69) is 30.4 Å². The topological polar surface area (TPSA) is 170 Å². The molecule has 192 valence electrons. The van der Waals surface area contributed by atoms with Crippen LogP contribution in [0.3, 0.4) is 0 Å². The largest absolute Gasteiger partial charge is 0.480 e. The number of hydrogen-bond donors (Lipinski definition) is 3. The van der Waals surface area contributed by atoms with Crippen molar-refractivity contribution in [3.63, 3.8) is 0 Å². The monoisotopic (exact) mass is 512 g/mol. The minimum absolute atomic E-state index is 0.0202. The molecule has 0 saturated heterocycles. The Labute approximate surface area is 216 Å². The normalized spacial score (nSPS) is 20.2. The number of nitrogens with two attached hydrogens (primary N) is 1. The van der Waals surface area contributed by atoms with Crippen LogP contribution < -0.4 is 11.1 Å². The van der Waals surface area contributed by atoms with Gasteiger partial charge in [0.25, 0.3) is 0 Å². The van der Waals surface area contributed by atoms with Crippen molar-refractivity contribution in [3.8, 4) is 11.3 Å². The van der Waals surface area contributed by atoms with Gasteiger partial charge in [-0.1, -0.05) is 0 Å². The van der Waals surface area contributed by atoms with Crippen molar-refractivity contribution < 1.29 is 19.4 Å². The van der Waals surface area contributed by atoms with Gasteiger partial charge in [-0.2, -0.15) is 5.10 Å². The predicted molar refractivity (Wildman–Crippen MR) is 139 cm³/mol. The van der Waals surface area contributed by atoms with Crippen molar-refractivity contribution in [2.24, 2.45) is 18.0 Å². The zero-order chi connectivity index (χ0) is 26.6. The summed E-state index contributed by atoms with van der Waals surface area (Å²) in [6.45, 7) is 1.87. The molecule has 1 unspecified atom stereocenters.